The van der Waals surface area contributed by atoms with Gasteiger partial charge in [0.25, 0.3) is 11.8 Å². The predicted octanol–water partition coefficient (Wildman–Crippen LogP) is 4.02. The average Bonchev–Trinajstić information content (AvgIpc) is 2.90. The normalized spacial score (nSPS) is 23.7. The molecular formula is C28H29FN4O3. The molecule has 2 heterocycles. The van der Waals surface area contributed by atoms with Crippen LogP contribution in [0.5, 0.6) is 0 Å². The number of nitrogens with two attached hydrogens (primary N) is 1. The third-order valence-electron chi connectivity index (χ3n) is 7.14. The molecule has 8 heteroatoms. The summed E-state index contributed by atoms with van der Waals surface area (Å²) in [5.41, 5.74) is 10.9. The molecule has 0 saturated heterocycles. The number of nitrogens with one attached hydrogen (secondary N) is 1. The van der Waals surface area contributed by atoms with Crippen molar-refractivity contribution < 1.29 is 18.8 Å². The Morgan fingerprint density at radius 2 is 1.75 bits per heavy atom. The third-order valence-corrected chi connectivity index (χ3v) is 7.14. The Morgan fingerprint density at radius 3 is 2.50 bits per heavy atom. The molecule has 36 heavy (non-hydrogen) atoms. The van der Waals surface area contributed by atoms with E-state index in [0.717, 1.165) is 19.3 Å². The van der Waals surface area contributed by atoms with Crippen molar-refractivity contribution in [2.75, 3.05) is 0 Å². The van der Waals surface area contributed by atoms with Crippen molar-refractivity contribution in [3.63, 3.8) is 0 Å². The smallest absolute Gasteiger partial charge is 0.255 e. The Hall–Kier alpha value is -3.62. The molecule has 2 aliphatic rings. The van der Waals surface area contributed by atoms with Crippen molar-refractivity contribution in [2.24, 2.45) is 5.73 Å². The first-order valence-electron chi connectivity index (χ1n) is 12.3. The van der Waals surface area contributed by atoms with Crippen LogP contribution >= 0.6 is 0 Å². The zero-order valence-electron chi connectivity index (χ0n) is 19.8. The summed E-state index contributed by atoms with van der Waals surface area (Å²) in [5.74, 6) is -2.07. The van der Waals surface area contributed by atoms with E-state index in [1.807, 2.05) is 6.07 Å². The van der Waals surface area contributed by atoms with Gasteiger partial charge in [-0.3, -0.25) is 19.4 Å². The summed E-state index contributed by atoms with van der Waals surface area (Å²) in [4.78, 5) is 39.0. The molecule has 3 aromatic rings. The number of carbonyl (C=O) groups is 2. The molecule has 1 saturated carbocycles. The Balaban J connectivity index is 1.56. The van der Waals surface area contributed by atoms with Gasteiger partial charge in [-0.1, -0.05) is 55.3 Å². The molecule has 3 N–H and O–H groups in total. The molecule has 1 aliphatic heterocycles. The van der Waals surface area contributed by atoms with Crippen LogP contribution in [0.1, 0.15) is 64.8 Å². The van der Waals surface area contributed by atoms with E-state index in [-0.39, 0.29) is 30.2 Å². The summed E-state index contributed by atoms with van der Waals surface area (Å²) in [5, 5.41) is 0. The van der Waals surface area contributed by atoms with E-state index in [0.29, 0.717) is 23.2 Å². The summed E-state index contributed by atoms with van der Waals surface area (Å²) in [6.07, 6.45) is 5.00. The molecular weight excluding hydrogens is 459 g/mol. The topological polar surface area (TPSA) is 97.5 Å². The van der Waals surface area contributed by atoms with Crippen molar-refractivity contribution in [3.05, 3.63) is 101 Å². The molecule has 0 spiro atoms. The van der Waals surface area contributed by atoms with E-state index >= 15 is 4.39 Å². The minimum Gasteiger partial charge on any atom is -0.326 e. The molecule has 1 aromatic heterocycles. The van der Waals surface area contributed by atoms with Gasteiger partial charge in [0, 0.05) is 29.4 Å². The standard InChI is InChI=1S/C28H29FN4O3/c29-22-13-4-3-12-21(22)26-25(27(34)32-36-17-18-9-7-8-16-31-18)19-10-1-2-11-20(19)28(35)33(26)24-15-6-5-14-23(24)30/h1-4,7-13,16,23-26H,5-6,14-15,17,30H2,(H,32,34)/t23-,24-,25+,26-/m0/s1. The zero-order chi connectivity index (χ0) is 25.1. The van der Waals surface area contributed by atoms with E-state index in [1.165, 1.54) is 6.07 Å². The molecule has 7 nitrogen and oxygen atoms in total. The van der Waals surface area contributed by atoms with Gasteiger partial charge in [-0.15, -0.1) is 0 Å². The van der Waals surface area contributed by atoms with E-state index in [9.17, 15) is 9.59 Å². The Morgan fingerprint density at radius 1 is 1.03 bits per heavy atom. The number of nitrogens with zero attached hydrogens (tertiary/aromatic N) is 2. The largest absolute Gasteiger partial charge is 0.326 e. The number of benzene rings is 2. The van der Waals surface area contributed by atoms with Crippen LogP contribution in [0, 0.1) is 5.82 Å². The molecule has 2 amide bonds. The summed E-state index contributed by atoms with van der Waals surface area (Å²) >= 11 is 0. The fourth-order valence-corrected chi connectivity index (χ4v) is 5.46. The number of hydrogen-bond acceptors (Lipinski definition) is 5. The van der Waals surface area contributed by atoms with Crippen LogP contribution in [0.3, 0.4) is 0 Å². The monoisotopic (exact) mass is 488 g/mol. The molecule has 2 aromatic carbocycles. The van der Waals surface area contributed by atoms with Gasteiger partial charge in [0.2, 0.25) is 0 Å². The lowest BCUT2D eigenvalue weighted by molar-refractivity contribution is -0.138. The molecule has 5 rings (SSSR count). The first kappa shape index (κ1) is 24.1. The number of fused-ring (bicyclic) bond motifs is 1. The van der Waals surface area contributed by atoms with Crippen molar-refractivity contribution in [3.8, 4) is 0 Å². The van der Waals surface area contributed by atoms with Crippen molar-refractivity contribution in [1.82, 2.24) is 15.4 Å². The lowest BCUT2D eigenvalue weighted by Crippen LogP contribution is -2.57. The van der Waals surface area contributed by atoms with Crippen LogP contribution in [0.15, 0.2) is 72.9 Å². The van der Waals surface area contributed by atoms with Crippen LogP contribution in [-0.2, 0) is 16.2 Å². The van der Waals surface area contributed by atoms with Crippen molar-refractivity contribution in [2.45, 2.75) is 56.3 Å². The molecule has 0 radical (unpaired) electrons. The van der Waals surface area contributed by atoms with Crippen LogP contribution in [-0.4, -0.2) is 33.8 Å². The molecule has 1 aliphatic carbocycles. The number of hydroxylamine groups is 1. The first-order valence-corrected chi connectivity index (χ1v) is 12.3. The van der Waals surface area contributed by atoms with Gasteiger partial charge in [-0.2, -0.15) is 0 Å². The number of pyridine rings is 1. The molecule has 0 unspecified atom stereocenters. The number of carbonyl (C=O) groups excluding carboxylic acids is 2. The highest BCUT2D eigenvalue weighted by Crippen LogP contribution is 2.46. The fraction of sp³-hybridized carbons (Fsp3) is 0.321. The van der Waals surface area contributed by atoms with Gasteiger partial charge >= 0.3 is 0 Å². The Bertz CT molecular complexity index is 1240. The number of rotatable bonds is 6. The minimum absolute atomic E-state index is 0.0709. The molecule has 186 valence electrons. The minimum atomic E-state index is -0.895. The van der Waals surface area contributed by atoms with E-state index in [4.69, 9.17) is 10.6 Å². The van der Waals surface area contributed by atoms with Crippen LogP contribution in [0.4, 0.5) is 4.39 Å². The Labute approximate surface area is 209 Å². The lowest BCUT2D eigenvalue weighted by Gasteiger charge is -2.48. The summed E-state index contributed by atoms with van der Waals surface area (Å²) in [6, 6.07) is 17.3. The SMILES string of the molecule is N[C@H]1CCCC[C@@H]1N1C(=O)c2ccccc2[C@@H](C(=O)NOCc2ccccn2)[C@@H]1c1ccccc1F. The average molecular weight is 489 g/mol. The maximum Gasteiger partial charge on any atom is 0.255 e. The van der Waals surface area contributed by atoms with E-state index < -0.39 is 23.7 Å². The number of halogens is 1. The first-order chi connectivity index (χ1) is 17.6. The summed E-state index contributed by atoms with van der Waals surface area (Å²) in [7, 11) is 0. The van der Waals surface area contributed by atoms with Gasteiger partial charge in [0.15, 0.2) is 0 Å². The fourth-order valence-electron chi connectivity index (χ4n) is 5.46. The second-order valence-corrected chi connectivity index (χ2v) is 9.34. The van der Waals surface area contributed by atoms with E-state index in [2.05, 4.69) is 10.5 Å². The number of aromatic nitrogens is 1. The van der Waals surface area contributed by atoms with Crippen LogP contribution in [0.25, 0.3) is 0 Å². The quantitative estimate of drug-likeness (QED) is 0.511. The van der Waals surface area contributed by atoms with Crippen LogP contribution < -0.4 is 11.2 Å². The summed E-state index contributed by atoms with van der Waals surface area (Å²) < 4.78 is 15.3. The Kier molecular flexibility index (Phi) is 7.06. The second-order valence-electron chi connectivity index (χ2n) is 9.34. The highest BCUT2D eigenvalue weighted by Gasteiger charge is 2.48. The molecule has 1 fully saturated rings. The van der Waals surface area contributed by atoms with Gasteiger partial charge in [-0.05, 0) is 42.7 Å². The van der Waals surface area contributed by atoms with Gasteiger partial charge < -0.3 is 10.6 Å². The van der Waals surface area contributed by atoms with Crippen molar-refractivity contribution >= 4 is 11.8 Å². The summed E-state index contributed by atoms with van der Waals surface area (Å²) in [6.45, 7) is 0.0709. The zero-order valence-corrected chi connectivity index (χ0v) is 19.8. The second kappa shape index (κ2) is 10.6. The van der Waals surface area contributed by atoms with Gasteiger partial charge in [0.05, 0.1) is 17.7 Å². The van der Waals surface area contributed by atoms with Gasteiger partial charge in [-0.25, -0.2) is 9.87 Å². The highest BCUT2D eigenvalue weighted by atomic mass is 19.1. The van der Waals surface area contributed by atoms with Crippen molar-refractivity contribution in [1.29, 1.82) is 0 Å². The third kappa shape index (κ3) is 4.62. The van der Waals surface area contributed by atoms with Gasteiger partial charge in [0.1, 0.15) is 12.4 Å². The number of hydrogen-bond donors (Lipinski definition) is 2. The maximum absolute atomic E-state index is 15.3. The molecule has 0 bridgehead atoms. The predicted molar refractivity (Wildman–Crippen MR) is 132 cm³/mol. The molecule has 4 atom stereocenters. The number of amides is 2. The highest BCUT2D eigenvalue weighted by molar-refractivity contribution is 6.01. The lowest BCUT2D eigenvalue weighted by atomic mass is 9.76. The van der Waals surface area contributed by atoms with Crippen LogP contribution in [0.2, 0.25) is 0 Å². The van der Waals surface area contributed by atoms with E-state index in [1.54, 1.807) is 65.7 Å². The maximum atomic E-state index is 15.3.